The predicted molar refractivity (Wildman–Crippen MR) is 124 cm³/mol. The fourth-order valence-electron chi connectivity index (χ4n) is 3.78. The summed E-state index contributed by atoms with van der Waals surface area (Å²) in [6.07, 6.45) is 0. The van der Waals surface area contributed by atoms with Crippen LogP contribution in [0.1, 0.15) is 11.1 Å². The molecule has 0 atom stereocenters. The van der Waals surface area contributed by atoms with Gasteiger partial charge >= 0.3 is 0 Å². The Balaban J connectivity index is 0.000000217. The van der Waals surface area contributed by atoms with Crippen LogP contribution in [0.3, 0.4) is 0 Å². The molecule has 154 valence electrons. The highest BCUT2D eigenvalue weighted by Crippen LogP contribution is 2.35. The van der Waals surface area contributed by atoms with E-state index in [1.54, 1.807) is 12.1 Å². The number of fused-ring (bicyclic) bond motifs is 4. The minimum atomic E-state index is -2.33. The Hall–Kier alpha value is -3.38. The monoisotopic (exact) mass is 408 g/mol. The molecule has 3 N–H and O–H groups in total. The highest BCUT2D eigenvalue weighted by Gasteiger charge is 2.07. The van der Waals surface area contributed by atoms with E-state index in [1.165, 1.54) is 11.1 Å². The van der Waals surface area contributed by atoms with E-state index in [0.29, 0.717) is 5.75 Å². The second kappa shape index (κ2) is 8.78. The van der Waals surface area contributed by atoms with Gasteiger partial charge in [0.1, 0.15) is 18.8 Å². The van der Waals surface area contributed by atoms with Crippen molar-refractivity contribution in [1.82, 2.24) is 0 Å². The van der Waals surface area contributed by atoms with Crippen LogP contribution < -0.4 is 20.4 Å². The maximum atomic E-state index is 10.9. The quantitative estimate of drug-likeness (QED) is 0.276. The second-order valence-corrected chi connectivity index (χ2v) is 7.61. The van der Waals surface area contributed by atoms with Gasteiger partial charge in [-0.3, -0.25) is 0 Å². The maximum Gasteiger partial charge on any atom is 0.133 e. The standard InChI is InChI=1S/C18H11BO3.C8H11N/c20-19(21)22-17-7-3-6-12-8-9-15-10-13-4-1-2-5-14(13)11-16(15)18(12)17;1-6-4-3-5-8(9)7(6)2/h1-11H;3-5H,9H2,1-2H3/q-2;/p+1. The van der Waals surface area contributed by atoms with E-state index >= 15 is 0 Å². The number of hydrogen-bond donors (Lipinski definition) is 1. The Bertz CT molecular complexity index is 1360. The highest BCUT2D eigenvalue weighted by molar-refractivity contribution is 6.30. The third kappa shape index (κ3) is 4.39. The summed E-state index contributed by atoms with van der Waals surface area (Å²) in [5.41, 5.74) is 7.64. The molecule has 0 unspecified atom stereocenters. The van der Waals surface area contributed by atoms with Gasteiger partial charge in [0.15, 0.2) is 0 Å². The van der Waals surface area contributed by atoms with Crippen molar-refractivity contribution in [2.24, 2.45) is 0 Å². The molecule has 5 heteroatoms. The summed E-state index contributed by atoms with van der Waals surface area (Å²) in [4.78, 5) is 0. The van der Waals surface area contributed by atoms with Crippen molar-refractivity contribution in [3.05, 3.63) is 96.1 Å². The zero-order valence-electron chi connectivity index (χ0n) is 17.6. The van der Waals surface area contributed by atoms with E-state index in [-0.39, 0.29) is 0 Å². The number of rotatable bonds is 2. The minimum absolute atomic E-state index is 0.341. The SMILES string of the molecule is Cc1cccc([NH3+])c1C.[O-]B([O-])Oc1cccc2ccc3cc4ccccc4cc3c12. The molecule has 0 aliphatic heterocycles. The molecule has 0 amide bonds. The van der Waals surface area contributed by atoms with Gasteiger partial charge < -0.3 is 20.4 Å². The molecule has 0 heterocycles. The number of benzene rings is 5. The Morgan fingerprint density at radius 2 is 1.35 bits per heavy atom. The summed E-state index contributed by atoms with van der Waals surface area (Å²) < 4.78 is 4.94. The molecular weight excluding hydrogens is 385 g/mol. The van der Waals surface area contributed by atoms with Crippen molar-refractivity contribution in [1.29, 1.82) is 0 Å². The number of aryl methyl sites for hydroxylation is 1. The first-order valence-corrected chi connectivity index (χ1v) is 10.1. The van der Waals surface area contributed by atoms with Crippen LogP contribution in [0.4, 0.5) is 5.69 Å². The van der Waals surface area contributed by atoms with Crippen LogP contribution in [0.5, 0.6) is 5.75 Å². The van der Waals surface area contributed by atoms with Crippen LogP contribution in [-0.4, -0.2) is 7.32 Å². The first-order chi connectivity index (χ1) is 14.9. The maximum absolute atomic E-state index is 10.9. The lowest BCUT2D eigenvalue weighted by Gasteiger charge is -2.27. The van der Waals surface area contributed by atoms with Gasteiger partial charge in [-0.25, -0.2) is 0 Å². The van der Waals surface area contributed by atoms with Crippen molar-refractivity contribution in [3.63, 3.8) is 0 Å². The van der Waals surface area contributed by atoms with Gasteiger partial charge in [0.25, 0.3) is 0 Å². The molecule has 0 aliphatic carbocycles. The average molecular weight is 408 g/mol. The Labute approximate surface area is 181 Å². The first kappa shape index (κ1) is 20.9. The normalized spacial score (nSPS) is 10.7. The van der Waals surface area contributed by atoms with Crippen LogP contribution in [-0.2, 0) is 0 Å². The summed E-state index contributed by atoms with van der Waals surface area (Å²) in [6, 6.07) is 27.9. The van der Waals surface area contributed by atoms with E-state index in [0.717, 1.165) is 38.0 Å². The summed E-state index contributed by atoms with van der Waals surface area (Å²) in [6.45, 7) is 4.20. The Morgan fingerprint density at radius 3 is 2.03 bits per heavy atom. The summed E-state index contributed by atoms with van der Waals surface area (Å²) in [5, 5.41) is 27.9. The fourth-order valence-corrected chi connectivity index (χ4v) is 3.78. The van der Waals surface area contributed by atoms with Gasteiger partial charge in [-0.15, -0.1) is 0 Å². The van der Waals surface area contributed by atoms with Crippen LogP contribution in [0, 0.1) is 13.8 Å². The van der Waals surface area contributed by atoms with Gasteiger partial charge in [0.05, 0.1) is 0 Å². The van der Waals surface area contributed by atoms with E-state index in [9.17, 15) is 10.0 Å². The van der Waals surface area contributed by atoms with Crippen LogP contribution in [0.25, 0.3) is 32.3 Å². The van der Waals surface area contributed by atoms with E-state index < -0.39 is 7.32 Å². The predicted octanol–water partition coefficient (Wildman–Crippen LogP) is 3.41. The molecule has 5 aromatic carbocycles. The molecule has 31 heavy (non-hydrogen) atoms. The molecule has 0 aromatic heterocycles. The highest BCUT2D eigenvalue weighted by atomic mass is 16.6. The molecule has 0 bridgehead atoms. The smallest absolute Gasteiger partial charge is 0.133 e. The molecule has 0 fully saturated rings. The fraction of sp³-hybridized carbons (Fsp3) is 0.0769. The first-order valence-electron chi connectivity index (χ1n) is 10.1. The summed E-state index contributed by atoms with van der Waals surface area (Å²) >= 11 is 0. The topological polar surface area (TPSA) is 83.0 Å². The molecule has 5 aromatic rings. The van der Waals surface area contributed by atoms with Crippen molar-refractivity contribution in [3.8, 4) is 5.75 Å². The van der Waals surface area contributed by atoms with E-state index in [4.69, 9.17) is 4.65 Å². The summed E-state index contributed by atoms with van der Waals surface area (Å²) in [5.74, 6) is 0.341. The van der Waals surface area contributed by atoms with Crippen LogP contribution in [0.2, 0.25) is 0 Å². The second-order valence-electron chi connectivity index (χ2n) is 7.61. The molecule has 0 spiro atoms. The van der Waals surface area contributed by atoms with E-state index in [2.05, 4.69) is 43.8 Å². The molecule has 0 aliphatic rings. The van der Waals surface area contributed by atoms with Crippen molar-refractivity contribution < 1.29 is 20.4 Å². The number of quaternary nitrogens is 1. The van der Waals surface area contributed by atoms with Crippen molar-refractivity contribution in [2.45, 2.75) is 13.8 Å². The van der Waals surface area contributed by atoms with Gasteiger partial charge in [0, 0.05) is 10.9 Å². The Kier molecular flexibility index (Phi) is 5.91. The van der Waals surface area contributed by atoms with Crippen molar-refractivity contribution >= 4 is 45.3 Å². The lowest BCUT2D eigenvalue weighted by Crippen LogP contribution is -2.50. The zero-order chi connectivity index (χ0) is 22.0. The lowest BCUT2D eigenvalue weighted by atomic mass is 9.97. The van der Waals surface area contributed by atoms with Gasteiger partial charge in [-0.05, 0) is 70.6 Å². The van der Waals surface area contributed by atoms with Gasteiger partial charge in [-0.1, -0.05) is 60.7 Å². The van der Waals surface area contributed by atoms with Crippen molar-refractivity contribution in [2.75, 3.05) is 0 Å². The molecule has 0 saturated heterocycles. The Morgan fingerprint density at radius 1 is 0.710 bits per heavy atom. The average Bonchev–Trinajstić information content (AvgIpc) is 2.76. The summed E-state index contributed by atoms with van der Waals surface area (Å²) in [7, 11) is -2.33. The van der Waals surface area contributed by atoms with Gasteiger partial charge in [0.2, 0.25) is 0 Å². The largest absolute Gasteiger partial charge is 0.860 e. The molecule has 4 nitrogen and oxygen atoms in total. The minimum Gasteiger partial charge on any atom is -0.860 e. The lowest BCUT2D eigenvalue weighted by molar-refractivity contribution is -0.372. The third-order valence-corrected chi connectivity index (χ3v) is 5.63. The zero-order valence-corrected chi connectivity index (χ0v) is 17.6. The van der Waals surface area contributed by atoms with E-state index in [1.807, 2.05) is 48.5 Å². The molecule has 0 saturated carbocycles. The molecule has 5 rings (SSSR count). The van der Waals surface area contributed by atoms with Crippen LogP contribution in [0.15, 0.2) is 84.9 Å². The molecular formula is C26H23BNO3-. The van der Waals surface area contributed by atoms with Crippen LogP contribution >= 0.6 is 0 Å². The third-order valence-electron chi connectivity index (χ3n) is 5.63. The van der Waals surface area contributed by atoms with Gasteiger partial charge in [-0.2, -0.15) is 0 Å². The number of hydrogen-bond acceptors (Lipinski definition) is 3. The molecule has 0 radical (unpaired) electrons.